The minimum absolute atomic E-state index is 0.0249. The van der Waals surface area contributed by atoms with Gasteiger partial charge in [0, 0.05) is 5.56 Å². The quantitative estimate of drug-likeness (QED) is 0.639. The van der Waals surface area contributed by atoms with Crippen LogP contribution in [-0.2, 0) is 4.74 Å². The number of hydrogen-bond donors (Lipinski definition) is 0. The van der Waals surface area contributed by atoms with Crippen molar-refractivity contribution in [1.82, 2.24) is 0 Å². The Kier molecular flexibility index (Phi) is 2.82. The third-order valence-corrected chi connectivity index (χ3v) is 1.92. The zero-order valence-corrected chi connectivity index (χ0v) is 7.80. The molecule has 0 atom stereocenters. The summed E-state index contributed by atoms with van der Waals surface area (Å²) in [5.74, 6) is -1.14. The summed E-state index contributed by atoms with van der Waals surface area (Å²) in [6.45, 7) is 1.44. The Hall–Kier alpha value is -1.89. The zero-order valence-electron chi connectivity index (χ0n) is 7.80. The first-order chi connectivity index (χ1) is 6.61. The van der Waals surface area contributed by atoms with Gasteiger partial charge in [-0.25, -0.2) is 9.18 Å². The molecule has 0 saturated heterocycles. The molecule has 0 heterocycles. The van der Waals surface area contributed by atoms with Crippen molar-refractivity contribution in [1.29, 1.82) is 5.26 Å². The Labute approximate surface area is 80.7 Å². The number of methoxy groups -OCH3 is 1. The third kappa shape index (κ3) is 1.57. The van der Waals surface area contributed by atoms with Crippen LogP contribution in [0.4, 0.5) is 4.39 Å². The van der Waals surface area contributed by atoms with E-state index in [1.54, 1.807) is 6.07 Å². The summed E-state index contributed by atoms with van der Waals surface area (Å²) in [4.78, 5) is 11.2. The standard InChI is InChI=1S/C10H8FNO2/c1-6-8(5-12)7(10(13)14-2)3-4-9(6)11/h3-4H,1-2H3. The molecule has 3 nitrogen and oxygen atoms in total. The lowest BCUT2D eigenvalue weighted by molar-refractivity contribution is 0.0600. The lowest BCUT2D eigenvalue weighted by Gasteiger charge is -2.04. The van der Waals surface area contributed by atoms with Crippen LogP contribution in [-0.4, -0.2) is 13.1 Å². The second-order valence-corrected chi connectivity index (χ2v) is 2.70. The van der Waals surface area contributed by atoms with Crippen molar-refractivity contribution in [3.63, 3.8) is 0 Å². The van der Waals surface area contributed by atoms with Crippen LogP contribution in [0.15, 0.2) is 12.1 Å². The molecule has 72 valence electrons. The number of carbonyl (C=O) groups is 1. The summed E-state index contributed by atoms with van der Waals surface area (Å²) in [5.41, 5.74) is 0.279. The number of ether oxygens (including phenoxy) is 1. The Balaban J connectivity index is 3.40. The summed E-state index contributed by atoms with van der Waals surface area (Å²) in [6.07, 6.45) is 0. The van der Waals surface area contributed by atoms with Crippen molar-refractivity contribution in [3.05, 3.63) is 34.6 Å². The molecule has 0 spiro atoms. The van der Waals surface area contributed by atoms with Crippen LogP contribution in [0.3, 0.4) is 0 Å². The van der Waals surface area contributed by atoms with E-state index in [0.29, 0.717) is 0 Å². The molecule has 0 aliphatic rings. The SMILES string of the molecule is COC(=O)c1ccc(F)c(C)c1C#N. The van der Waals surface area contributed by atoms with Crippen LogP contribution in [0.2, 0.25) is 0 Å². The zero-order chi connectivity index (χ0) is 10.7. The van der Waals surface area contributed by atoms with E-state index in [0.717, 1.165) is 6.07 Å². The lowest BCUT2D eigenvalue weighted by Crippen LogP contribution is -2.06. The number of esters is 1. The van der Waals surface area contributed by atoms with Crippen LogP contribution >= 0.6 is 0 Å². The number of benzene rings is 1. The molecule has 1 aromatic carbocycles. The second kappa shape index (κ2) is 3.88. The molecular weight excluding hydrogens is 185 g/mol. The predicted molar refractivity (Wildman–Crippen MR) is 47.2 cm³/mol. The van der Waals surface area contributed by atoms with Gasteiger partial charge in [-0.15, -0.1) is 0 Å². The van der Waals surface area contributed by atoms with Gasteiger partial charge in [0.15, 0.2) is 0 Å². The summed E-state index contributed by atoms with van der Waals surface area (Å²) in [5, 5.41) is 8.74. The molecule has 14 heavy (non-hydrogen) atoms. The highest BCUT2D eigenvalue weighted by Gasteiger charge is 2.15. The summed E-state index contributed by atoms with van der Waals surface area (Å²) < 4.78 is 17.5. The Morgan fingerprint density at radius 2 is 2.21 bits per heavy atom. The first-order valence-electron chi connectivity index (χ1n) is 3.89. The number of carbonyl (C=O) groups excluding carboxylic acids is 1. The van der Waals surface area contributed by atoms with Gasteiger partial charge in [0.2, 0.25) is 0 Å². The maximum atomic E-state index is 13.0. The van der Waals surface area contributed by atoms with E-state index in [1.807, 2.05) is 0 Å². The molecule has 0 saturated carbocycles. The first kappa shape index (κ1) is 10.2. The highest BCUT2D eigenvalue weighted by atomic mass is 19.1. The molecule has 0 fully saturated rings. The van der Waals surface area contributed by atoms with Crippen LogP contribution in [0.25, 0.3) is 0 Å². The van der Waals surface area contributed by atoms with E-state index in [-0.39, 0.29) is 16.7 Å². The van der Waals surface area contributed by atoms with E-state index in [2.05, 4.69) is 4.74 Å². The van der Waals surface area contributed by atoms with Gasteiger partial charge in [-0.05, 0) is 19.1 Å². The van der Waals surface area contributed by atoms with E-state index >= 15 is 0 Å². The molecule has 1 aromatic rings. The minimum atomic E-state index is -0.635. The second-order valence-electron chi connectivity index (χ2n) is 2.70. The van der Waals surface area contributed by atoms with Gasteiger partial charge in [0.25, 0.3) is 0 Å². The maximum Gasteiger partial charge on any atom is 0.339 e. The van der Waals surface area contributed by atoms with Gasteiger partial charge in [-0.3, -0.25) is 0 Å². The molecule has 0 bridgehead atoms. The average Bonchev–Trinajstić information content (AvgIpc) is 2.20. The molecule has 0 aliphatic carbocycles. The van der Waals surface area contributed by atoms with Crippen molar-refractivity contribution in [3.8, 4) is 6.07 Å². The fourth-order valence-electron chi connectivity index (χ4n) is 1.11. The molecule has 0 N–H and O–H groups in total. The van der Waals surface area contributed by atoms with Crippen LogP contribution in [0.5, 0.6) is 0 Å². The first-order valence-corrected chi connectivity index (χ1v) is 3.89. The number of nitrogens with zero attached hydrogens (tertiary/aromatic N) is 1. The summed E-state index contributed by atoms with van der Waals surface area (Å²) >= 11 is 0. The molecule has 0 radical (unpaired) electrons. The van der Waals surface area contributed by atoms with E-state index in [9.17, 15) is 9.18 Å². The summed E-state index contributed by atoms with van der Waals surface area (Å²) in [6, 6.07) is 4.16. The molecule has 4 heteroatoms. The van der Waals surface area contributed by atoms with E-state index in [4.69, 9.17) is 5.26 Å². The monoisotopic (exact) mass is 193 g/mol. The van der Waals surface area contributed by atoms with E-state index < -0.39 is 11.8 Å². The van der Waals surface area contributed by atoms with Gasteiger partial charge >= 0.3 is 5.97 Å². The molecule has 0 aliphatic heterocycles. The number of hydrogen-bond acceptors (Lipinski definition) is 3. The Morgan fingerprint density at radius 3 is 2.71 bits per heavy atom. The van der Waals surface area contributed by atoms with Crippen LogP contribution in [0.1, 0.15) is 21.5 Å². The Bertz CT molecular complexity index is 421. The smallest absolute Gasteiger partial charge is 0.339 e. The van der Waals surface area contributed by atoms with Gasteiger partial charge in [0.05, 0.1) is 18.2 Å². The largest absolute Gasteiger partial charge is 0.465 e. The van der Waals surface area contributed by atoms with Gasteiger partial charge in [-0.2, -0.15) is 5.26 Å². The molecule has 1 rings (SSSR count). The van der Waals surface area contributed by atoms with Crippen molar-refractivity contribution >= 4 is 5.97 Å². The highest BCUT2D eigenvalue weighted by molar-refractivity contribution is 5.92. The molecular formula is C10H8FNO2. The number of nitriles is 1. The highest BCUT2D eigenvalue weighted by Crippen LogP contribution is 2.17. The lowest BCUT2D eigenvalue weighted by atomic mass is 10.0. The van der Waals surface area contributed by atoms with Crippen molar-refractivity contribution < 1.29 is 13.9 Å². The number of halogens is 1. The van der Waals surface area contributed by atoms with Crippen LogP contribution in [0, 0.1) is 24.1 Å². The van der Waals surface area contributed by atoms with E-state index in [1.165, 1.54) is 20.1 Å². The normalized spacial score (nSPS) is 9.29. The summed E-state index contributed by atoms with van der Waals surface area (Å²) in [7, 11) is 1.21. The van der Waals surface area contributed by atoms with Crippen molar-refractivity contribution in [2.75, 3.05) is 7.11 Å². The van der Waals surface area contributed by atoms with Crippen molar-refractivity contribution in [2.45, 2.75) is 6.92 Å². The molecule has 0 amide bonds. The van der Waals surface area contributed by atoms with Gasteiger partial charge in [0.1, 0.15) is 11.9 Å². The maximum absolute atomic E-state index is 13.0. The fourth-order valence-corrected chi connectivity index (χ4v) is 1.11. The predicted octanol–water partition coefficient (Wildman–Crippen LogP) is 1.79. The van der Waals surface area contributed by atoms with Gasteiger partial charge < -0.3 is 4.74 Å². The fraction of sp³-hybridized carbons (Fsp3) is 0.200. The Morgan fingerprint density at radius 1 is 1.57 bits per heavy atom. The minimum Gasteiger partial charge on any atom is -0.465 e. The number of rotatable bonds is 1. The molecule has 0 unspecified atom stereocenters. The third-order valence-electron chi connectivity index (χ3n) is 1.92. The average molecular weight is 193 g/mol. The van der Waals surface area contributed by atoms with Crippen LogP contribution < -0.4 is 0 Å². The van der Waals surface area contributed by atoms with Crippen molar-refractivity contribution in [2.24, 2.45) is 0 Å². The van der Waals surface area contributed by atoms with Gasteiger partial charge in [-0.1, -0.05) is 0 Å². The molecule has 0 aromatic heterocycles. The topological polar surface area (TPSA) is 50.1 Å².